The number of esters is 1. The van der Waals surface area contributed by atoms with Gasteiger partial charge >= 0.3 is 5.97 Å². The van der Waals surface area contributed by atoms with Gasteiger partial charge in [0.05, 0.1) is 17.7 Å². The van der Waals surface area contributed by atoms with Gasteiger partial charge in [0.1, 0.15) is 5.69 Å². The van der Waals surface area contributed by atoms with E-state index >= 15 is 0 Å². The van der Waals surface area contributed by atoms with Crippen molar-refractivity contribution in [3.8, 4) is 11.5 Å². The van der Waals surface area contributed by atoms with Gasteiger partial charge in [0, 0.05) is 6.07 Å². The molecule has 0 unspecified atom stereocenters. The Morgan fingerprint density at radius 1 is 1.24 bits per heavy atom. The quantitative estimate of drug-likeness (QED) is 0.642. The van der Waals surface area contributed by atoms with Gasteiger partial charge in [-0.2, -0.15) is 13.5 Å². The van der Waals surface area contributed by atoms with Crippen molar-refractivity contribution >= 4 is 16.0 Å². The summed E-state index contributed by atoms with van der Waals surface area (Å²) in [5, 5.41) is 7.49. The molecular formula is C16H15N3O5S. The second kappa shape index (κ2) is 6.52. The molecule has 0 amide bonds. The first-order valence-electron chi connectivity index (χ1n) is 7.44. The van der Waals surface area contributed by atoms with E-state index in [9.17, 15) is 13.2 Å². The second-order valence-electron chi connectivity index (χ2n) is 5.17. The molecule has 0 atom stereocenters. The van der Waals surface area contributed by atoms with Crippen LogP contribution in [-0.4, -0.2) is 35.3 Å². The molecule has 130 valence electrons. The highest BCUT2D eigenvalue weighted by Gasteiger charge is 2.24. The molecule has 0 aliphatic carbocycles. The SMILES string of the molecule is CCOC(=O)c1cc(-c2ccnn2S(=O)(=O)c2ccc(C)cc2)on1. The molecule has 9 heteroatoms. The number of carbonyl (C=O) groups excluding carboxylic acids is 1. The first kappa shape index (κ1) is 16.9. The molecule has 0 N–H and O–H groups in total. The molecule has 0 saturated carbocycles. The summed E-state index contributed by atoms with van der Waals surface area (Å²) in [6.45, 7) is 3.73. The maximum atomic E-state index is 12.8. The molecule has 0 aliphatic heterocycles. The number of hydrogen-bond acceptors (Lipinski definition) is 7. The topological polar surface area (TPSA) is 104 Å². The molecule has 1 aromatic carbocycles. The molecule has 2 heterocycles. The summed E-state index contributed by atoms with van der Waals surface area (Å²) in [6, 6.07) is 9.17. The zero-order chi connectivity index (χ0) is 18.0. The molecule has 0 aliphatic rings. The minimum absolute atomic E-state index is 0.0441. The third kappa shape index (κ3) is 3.18. The molecule has 3 rings (SSSR count). The van der Waals surface area contributed by atoms with E-state index in [-0.39, 0.29) is 28.7 Å². The van der Waals surface area contributed by atoms with Gasteiger partial charge < -0.3 is 9.26 Å². The lowest BCUT2D eigenvalue weighted by molar-refractivity contribution is 0.0514. The summed E-state index contributed by atoms with van der Waals surface area (Å²) < 4.78 is 36.3. The molecule has 0 bridgehead atoms. The maximum absolute atomic E-state index is 12.8. The van der Waals surface area contributed by atoms with Crippen LogP contribution in [0.4, 0.5) is 0 Å². The highest BCUT2D eigenvalue weighted by molar-refractivity contribution is 7.90. The van der Waals surface area contributed by atoms with Gasteiger partial charge in [0.2, 0.25) is 0 Å². The van der Waals surface area contributed by atoms with Gasteiger partial charge in [-0.25, -0.2) is 4.79 Å². The summed E-state index contributed by atoms with van der Waals surface area (Å²) in [6.07, 6.45) is 1.33. The van der Waals surface area contributed by atoms with Crippen LogP contribution in [0.25, 0.3) is 11.5 Å². The van der Waals surface area contributed by atoms with Crippen LogP contribution in [0.1, 0.15) is 23.0 Å². The Morgan fingerprint density at radius 2 is 1.96 bits per heavy atom. The van der Waals surface area contributed by atoms with Crippen LogP contribution in [0, 0.1) is 6.92 Å². The number of nitrogens with zero attached hydrogens (tertiary/aromatic N) is 3. The molecule has 2 aromatic heterocycles. The first-order chi connectivity index (χ1) is 11.9. The summed E-state index contributed by atoms with van der Waals surface area (Å²) in [7, 11) is -3.91. The number of carbonyl (C=O) groups is 1. The number of benzene rings is 1. The van der Waals surface area contributed by atoms with Crippen molar-refractivity contribution in [1.82, 2.24) is 14.3 Å². The Labute approximate surface area is 144 Å². The van der Waals surface area contributed by atoms with Crippen molar-refractivity contribution in [1.29, 1.82) is 0 Å². The fourth-order valence-corrected chi connectivity index (χ4v) is 3.43. The molecule has 0 radical (unpaired) electrons. The Morgan fingerprint density at radius 3 is 2.64 bits per heavy atom. The monoisotopic (exact) mass is 361 g/mol. The highest BCUT2D eigenvalue weighted by atomic mass is 32.2. The normalized spacial score (nSPS) is 11.4. The minimum atomic E-state index is -3.91. The van der Waals surface area contributed by atoms with E-state index in [4.69, 9.17) is 9.26 Å². The van der Waals surface area contributed by atoms with Gasteiger partial charge in [0.25, 0.3) is 10.0 Å². The van der Waals surface area contributed by atoms with E-state index in [1.807, 2.05) is 6.92 Å². The molecule has 8 nitrogen and oxygen atoms in total. The average molecular weight is 361 g/mol. The Balaban J connectivity index is 2.01. The summed E-state index contributed by atoms with van der Waals surface area (Å²) >= 11 is 0. The molecule has 25 heavy (non-hydrogen) atoms. The fraction of sp³-hybridized carbons (Fsp3) is 0.188. The van der Waals surface area contributed by atoms with Crippen molar-refractivity contribution in [2.24, 2.45) is 0 Å². The van der Waals surface area contributed by atoms with E-state index in [1.165, 1.54) is 30.5 Å². The molecule has 0 fully saturated rings. The molecule has 3 aromatic rings. The van der Waals surface area contributed by atoms with Crippen molar-refractivity contribution in [3.05, 3.63) is 53.9 Å². The lowest BCUT2D eigenvalue weighted by atomic mass is 10.2. The minimum Gasteiger partial charge on any atom is -0.461 e. The number of ether oxygens (including phenoxy) is 1. The number of hydrogen-bond donors (Lipinski definition) is 0. The van der Waals surface area contributed by atoms with Gasteiger partial charge in [0.15, 0.2) is 11.5 Å². The summed E-state index contributed by atoms with van der Waals surface area (Å²) in [5.41, 5.74) is 1.05. The maximum Gasteiger partial charge on any atom is 0.360 e. The molecule has 0 spiro atoms. The zero-order valence-corrected chi connectivity index (χ0v) is 14.4. The van der Waals surface area contributed by atoms with Crippen LogP contribution in [0.5, 0.6) is 0 Å². The van der Waals surface area contributed by atoms with E-state index in [2.05, 4.69) is 10.3 Å². The predicted octanol–water partition coefficient (Wildman–Crippen LogP) is 2.26. The average Bonchev–Trinajstić information content (AvgIpc) is 3.25. The largest absolute Gasteiger partial charge is 0.461 e. The van der Waals surface area contributed by atoms with Crippen molar-refractivity contribution in [2.75, 3.05) is 6.61 Å². The summed E-state index contributed by atoms with van der Waals surface area (Å²) in [5.74, 6) is -0.554. The van der Waals surface area contributed by atoms with E-state index in [0.717, 1.165) is 9.65 Å². The molecule has 0 saturated heterocycles. The van der Waals surface area contributed by atoms with Crippen molar-refractivity contribution < 1.29 is 22.5 Å². The van der Waals surface area contributed by atoms with Gasteiger partial charge in [-0.3, -0.25) is 0 Å². The Bertz CT molecular complexity index is 1000. The first-order valence-corrected chi connectivity index (χ1v) is 8.88. The second-order valence-corrected chi connectivity index (χ2v) is 6.94. The van der Waals surface area contributed by atoms with E-state index < -0.39 is 16.0 Å². The van der Waals surface area contributed by atoms with Gasteiger partial charge in [-0.1, -0.05) is 22.9 Å². The van der Waals surface area contributed by atoms with Crippen molar-refractivity contribution in [3.63, 3.8) is 0 Å². The van der Waals surface area contributed by atoms with Crippen molar-refractivity contribution in [2.45, 2.75) is 18.7 Å². The fourth-order valence-electron chi connectivity index (χ4n) is 2.17. The van der Waals surface area contributed by atoms with Crippen LogP contribution in [0.15, 0.2) is 52.0 Å². The van der Waals surface area contributed by atoms with Gasteiger partial charge in [-0.05, 0) is 32.0 Å². The third-order valence-corrected chi connectivity index (χ3v) is 5.02. The Kier molecular flexibility index (Phi) is 4.41. The Hall–Kier alpha value is -2.94. The van der Waals surface area contributed by atoms with Crippen LogP contribution < -0.4 is 0 Å². The smallest absolute Gasteiger partial charge is 0.360 e. The zero-order valence-electron chi connectivity index (χ0n) is 13.5. The lowest BCUT2D eigenvalue weighted by Gasteiger charge is -2.07. The number of rotatable bonds is 5. The number of aromatic nitrogens is 3. The van der Waals surface area contributed by atoms with Crippen LogP contribution in [0.2, 0.25) is 0 Å². The van der Waals surface area contributed by atoms with Crippen LogP contribution in [-0.2, 0) is 14.8 Å². The van der Waals surface area contributed by atoms with E-state index in [1.54, 1.807) is 19.1 Å². The van der Waals surface area contributed by atoms with Crippen LogP contribution >= 0.6 is 0 Å². The predicted molar refractivity (Wildman–Crippen MR) is 87.4 cm³/mol. The molecular weight excluding hydrogens is 346 g/mol. The van der Waals surface area contributed by atoms with Crippen LogP contribution in [0.3, 0.4) is 0 Å². The highest BCUT2D eigenvalue weighted by Crippen LogP contribution is 2.24. The number of aryl methyl sites for hydroxylation is 1. The van der Waals surface area contributed by atoms with Gasteiger partial charge in [-0.15, -0.1) is 4.09 Å². The lowest BCUT2D eigenvalue weighted by Crippen LogP contribution is -2.15. The standard InChI is InChI=1S/C16H15N3O5S/c1-3-23-16(20)13-10-15(24-18-13)14-8-9-17-19(14)25(21,22)12-6-4-11(2)5-7-12/h4-10H,3H2,1-2H3. The third-order valence-electron chi connectivity index (χ3n) is 3.40. The summed E-state index contributed by atoms with van der Waals surface area (Å²) in [4.78, 5) is 11.8. The van der Waals surface area contributed by atoms with E-state index in [0.29, 0.717) is 0 Å².